The summed E-state index contributed by atoms with van der Waals surface area (Å²) >= 11 is 0. The first kappa shape index (κ1) is 19.0. The molecule has 0 saturated heterocycles. The van der Waals surface area contributed by atoms with Crippen LogP contribution in [0.1, 0.15) is 17.3 Å². The molecule has 2 aromatic carbocycles. The molecule has 0 radical (unpaired) electrons. The molecule has 0 saturated carbocycles. The van der Waals surface area contributed by atoms with E-state index in [0.717, 1.165) is 5.57 Å². The molecule has 0 N–H and O–H groups in total. The normalized spacial score (nSPS) is 10.9. The summed E-state index contributed by atoms with van der Waals surface area (Å²) in [4.78, 5) is 22.2. The van der Waals surface area contributed by atoms with Gasteiger partial charge in [-0.3, -0.25) is 10.1 Å². The number of carbonyl (C=O) groups excluding carboxylic acids is 1. The highest BCUT2D eigenvalue weighted by Gasteiger charge is 2.12. The van der Waals surface area contributed by atoms with Gasteiger partial charge in [0.2, 0.25) is 0 Å². The number of nitro groups is 1. The number of non-ortho nitro benzene ring substituents is 1. The highest BCUT2D eigenvalue weighted by Crippen LogP contribution is 2.19. The number of ether oxygens (including phenoxy) is 3. The summed E-state index contributed by atoms with van der Waals surface area (Å²) < 4.78 is 15.9. The van der Waals surface area contributed by atoms with Gasteiger partial charge in [-0.25, -0.2) is 4.79 Å². The zero-order chi connectivity index (χ0) is 18.9. The van der Waals surface area contributed by atoms with Gasteiger partial charge in [-0.2, -0.15) is 0 Å². The van der Waals surface area contributed by atoms with E-state index in [1.807, 2.05) is 6.92 Å². The van der Waals surface area contributed by atoms with Crippen molar-refractivity contribution in [3.63, 3.8) is 0 Å². The first-order chi connectivity index (χ1) is 12.5. The predicted octanol–water partition coefficient (Wildman–Crippen LogP) is 3.79. The molecule has 0 aliphatic heterocycles. The molecule has 0 aliphatic rings. The van der Waals surface area contributed by atoms with Gasteiger partial charge in [0.15, 0.2) is 0 Å². The number of nitrogens with zero attached hydrogens (tertiary/aromatic N) is 1. The molecule has 0 amide bonds. The lowest BCUT2D eigenvalue weighted by molar-refractivity contribution is -0.384. The van der Waals surface area contributed by atoms with Crippen LogP contribution in [0, 0.1) is 10.1 Å². The third-order valence-corrected chi connectivity index (χ3v) is 3.49. The molecule has 0 spiro atoms. The van der Waals surface area contributed by atoms with Crippen LogP contribution in [-0.2, 0) is 4.74 Å². The van der Waals surface area contributed by atoms with E-state index in [2.05, 4.69) is 0 Å². The molecule has 0 atom stereocenters. The summed E-state index contributed by atoms with van der Waals surface area (Å²) in [5.41, 5.74) is 1.23. The van der Waals surface area contributed by atoms with Crippen molar-refractivity contribution in [3.05, 3.63) is 75.9 Å². The Balaban J connectivity index is 1.82. The molecule has 0 heterocycles. The fraction of sp³-hybridized carbons (Fsp3) is 0.211. The van der Waals surface area contributed by atoms with E-state index >= 15 is 0 Å². The van der Waals surface area contributed by atoms with Crippen molar-refractivity contribution in [1.29, 1.82) is 0 Å². The van der Waals surface area contributed by atoms with Gasteiger partial charge in [-0.1, -0.05) is 12.1 Å². The number of hydrogen-bond acceptors (Lipinski definition) is 6. The summed E-state index contributed by atoms with van der Waals surface area (Å²) in [7, 11) is 1.49. The van der Waals surface area contributed by atoms with Crippen LogP contribution in [0.25, 0.3) is 0 Å². The molecule has 0 unspecified atom stereocenters. The number of rotatable bonds is 8. The van der Waals surface area contributed by atoms with Crippen molar-refractivity contribution in [2.45, 2.75) is 6.92 Å². The Kier molecular flexibility index (Phi) is 6.73. The zero-order valence-corrected chi connectivity index (χ0v) is 14.5. The van der Waals surface area contributed by atoms with Gasteiger partial charge in [0.05, 0.1) is 12.0 Å². The van der Waals surface area contributed by atoms with Crippen molar-refractivity contribution >= 4 is 11.7 Å². The van der Waals surface area contributed by atoms with Crippen LogP contribution >= 0.6 is 0 Å². The Morgan fingerprint density at radius 1 is 1.15 bits per heavy atom. The van der Waals surface area contributed by atoms with Gasteiger partial charge in [0.1, 0.15) is 30.3 Å². The highest BCUT2D eigenvalue weighted by molar-refractivity contribution is 5.92. The second-order valence-electron chi connectivity index (χ2n) is 5.39. The van der Waals surface area contributed by atoms with Crippen LogP contribution < -0.4 is 9.47 Å². The average molecular weight is 357 g/mol. The fourth-order valence-electron chi connectivity index (χ4n) is 2.07. The van der Waals surface area contributed by atoms with Crippen molar-refractivity contribution in [2.75, 3.05) is 20.3 Å². The molecule has 0 aliphatic carbocycles. The SMILES string of the molecule is COc1ccccc1C(=O)OC/C=C(\C)COc1ccc([N+](=O)[O-])cc1. The maximum Gasteiger partial charge on any atom is 0.342 e. The lowest BCUT2D eigenvalue weighted by atomic mass is 10.2. The fourth-order valence-corrected chi connectivity index (χ4v) is 2.07. The van der Waals surface area contributed by atoms with Gasteiger partial charge in [-0.05, 0) is 42.8 Å². The van der Waals surface area contributed by atoms with E-state index in [1.165, 1.54) is 31.4 Å². The number of para-hydroxylation sites is 1. The standard InChI is InChI=1S/C19H19NO6/c1-14(13-26-16-9-7-15(8-10-16)20(22)23)11-12-25-19(21)17-5-3-4-6-18(17)24-2/h3-11H,12-13H2,1-2H3/b14-11+. The van der Waals surface area contributed by atoms with Crippen LogP contribution in [0.4, 0.5) is 5.69 Å². The number of methoxy groups -OCH3 is 1. The topological polar surface area (TPSA) is 87.9 Å². The Morgan fingerprint density at radius 2 is 1.85 bits per heavy atom. The predicted molar refractivity (Wildman–Crippen MR) is 95.6 cm³/mol. The molecular weight excluding hydrogens is 338 g/mol. The minimum Gasteiger partial charge on any atom is -0.496 e. The Bertz CT molecular complexity index is 798. The second-order valence-corrected chi connectivity index (χ2v) is 5.39. The van der Waals surface area contributed by atoms with E-state index in [-0.39, 0.29) is 18.9 Å². The number of nitro benzene ring substituents is 1. The van der Waals surface area contributed by atoms with Crippen LogP contribution in [0.2, 0.25) is 0 Å². The summed E-state index contributed by atoms with van der Waals surface area (Å²) in [5.74, 6) is 0.511. The Morgan fingerprint density at radius 3 is 2.50 bits per heavy atom. The largest absolute Gasteiger partial charge is 0.496 e. The minimum absolute atomic E-state index is 0.00728. The van der Waals surface area contributed by atoms with E-state index in [4.69, 9.17) is 14.2 Å². The van der Waals surface area contributed by atoms with E-state index < -0.39 is 10.9 Å². The second kappa shape index (κ2) is 9.22. The first-order valence-corrected chi connectivity index (χ1v) is 7.84. The summed E-state index contributed by atoms with van der Waals surface area (Å²) in [6, 6.07) is 12.7. The highest BCUT2D eigenvalue weighted by atomic mass is 16.6. The van der Waals surface area contributed by atoms with E-state index in [1.54, 1.807) is 30.3 Å². The molecule has 2 rings (SSSR count). The Labute approximate surface area is 151 Å². The maximum absolute atomic E-state index is 12.1. The molecular formula is C19H19NO6. The summed E-state index contributed by atoms with van der Waals surface area (Å²) in [5, 5.41) is 10.6. The maximum atomic E-state index is 12.1. The number of esters is 1. The minimum atomic E-state index is -0.470. The quantitative estimate of drug-likeness (QED) is 0.309. The molecule has 0 fully saturated rings. The summed E-state index contributed by atoms with van der Waals surface area (Å²) in [6.07, 6.45) is 1.73. The van der Waals surface area contributed by atoms with Crippen molar-refractivity contribution in [2.24, 2.45) is 0 Å². The molecule has 0 bridgehead atoms. The average Bonchev–Trinajstić information content (AvgIpc) is 2.66. The molecule has 0 aromatic heterocycles. The lowest BCUT2D eigenvalue weighted by Gasteiger charge is -2.08. The first-order valence-electron chi connectivity index (χ1n) is 7.84. The van der Waals surface area contributed by atoms with E-state index in [0.29, 0.717) is 17.1 Å². The third kappa shape index (κ3) is 5.34. The Hall–Kier alpha value is -3.35. The van der Waals surface area contributed by atoms with Crippen molar-refractivity contribution < 1.29 is 23.9 Å². The molecule has 136 valence electrons. The molecule has 7 nitrogen and oxygen atoms in total. The van der Waals surface area contributed by atoms with Gasteiger partial charge in [-0.15, -0.1) is 0 Å². The lowest BCUT2D eigenvalue weighted by Crippen LogP contribution is -2.08. The van der Waals surface area contributed by atoms with Gasteiger partial charge in [0, 0.05) is 12.1 Å². The van der Waals surface area contributed by atoms with Crippen LogP contribution in [-0.4, -0.2) is 31.2 Å². The monoisotopic (exact) mass is 357 g/mol. The summed E-state index contributed by atoms with van der Waals surface area (Å²) in [6.45, 7) is 2.22. The van der Waals surface area contributed by atoms with Gasteiger partial charge >= 0.3 is 5.97 Å². The van der Waals surface area contributed by atoms with E-state index in [9.17, 15) is 14.9 Å². The number of benzene rings is 2. The van der Waals surface area contributed by atoms with Gasteiger partial charge in [0.25, 0.3) is 5.69 Å². The van der Waals surface area contributed by atoms with Gasteiger partial charge < -0.3 is 14.2 Å². The smallest absolute Gasteiger partial charge is 0.342 e. The number of carbonyl (C=O) groups is 1. The molecule has 2 aromatic rings. The third-order valence-electron chi connectivity index (χ3n) is 3.49. The van der Waals surface area contributed by atoms with Crippen LogP contribution in [0.3, 0.4) is 0 Å². The van der Waals surface area contributed by atoms with Crippen LogP contribution in [0.15, 0.2) is 60.2 Å². The van der Waals surface area contributed by atoms with Crippen molar-refractivity contribution in [3.8, 4) is 11.5 Å². The molecule has 7 heteroatoms. The zero-order valence-electron chi connectivity index (χ0n) is 14.5. The van der Waals surface area contributed by atoms with Crippen molar-refractivity contribution in [1.82, 2.24) is 0 Å². The number of hydrogen-bond donors (Lipinski definition) is 0. The molecule has 26 heavy (non-hydrogen) atoms. The van der Waals surface area contributed by atoms with Crippen LogP contribution in [0.5, 0.6) is 11.5 Å².